The number of thioether (sulfide) groups is 1. The summed E-state index contributed by atoms with van der Waals surface area (Å²) >= 11 is 1.28. The Morgan fingerprint density at radius 3 is 2.89 bits per heavy atom. The van der Waals surface area contributed by atoms with E-state index in [-0.39, 0.29) is 11.3 Å². The first-order valence-corrected chi connectivity index (χ1v) is 6.60. The molecule has 3 nitrogen and oxygen atoms in total. The summed E-state index contributed by atoms with van der Waals surface area (Å²) in [6.07, 6.45) is 0.634. The molecule has 1 unspecified atom stereocenters. The number of nitriles is 1. The van der Waals surface area contributed by atoms with Gasteiger partial charge >= 0.3 is 0 Å². The monoisotopic (exact) mass is 274 g/mol. The Labute approximate surface area is 114 Å². The van der Waals surface area contributed by atoms with E-state index in [0.29, 0.717) is 10.6 Å². The molecule has 0 saturated heterocycles. The van der Waals surface area contributed by atoms with Crippen LogP contribution in [0, 0.1) is 17.1 Å². The van der Waals surface area contributed by atoms with Gasteiger partial charge in [0.25, 0.3) is 0 Å². The van der Waals surface area contributed by atoms with E-state index in [1.807, 2.05) is 6.07 Å². The van der Waals surface area contributed by atoms with Gasteiger partial charge in [-0.05, 0) is 18.2 Å². The summed E-state index contributed by atoms with van der Waals surface area (Å²) in [5.74, 6) is -0.141. The number of benzene rings is 1. The van der Waals surface area contributed by atoms with Crippen molar-refractivity contribution in [2.45, 2.75) is 11.1 Å². The second-order valence-electron chi connectivity index (χ2n) is 3.84. The molecule has 1 heterocycles. The SMILES string of the molecule is N#Cc1ccnc(SCC(O)c2ccccc2F)c1. The minimum absolute atomic E-state index is 0.270. The summed E-state index contributed by atoms with van der Waals surface area (Å²) < 4.78 is 13.5. The maximum atomic E-state index is 13.5. The van der Waals surface area contributed by atoms with Gasteiger partial charge in [0.1, 0.15) is 5.82 Å². The molecule has 0 saturated carbocycles. The third-order valence-electron chi connectivity index (χ3n) is 2.52. The van der Waals surface area contributed by atoms with Crippen LogP contribution in [0.5, 0.6) is 0 Å². The van der Waals surface area contributed by atoms with E-state index in [4.69, 9.17) is 5.26 Å². The first-order chi connectivity index (χ1) is 9.20. The smallest absolute Gasteiger partial charge is 0.129 e. The van der Waals surface area contributed by atoms with E-state index in [0.717, 1.165) is 0 Å². The second kappa shape index (κ2) is 6.32. The van der Waals surface area contributed by atoms with Crippen molar-refractivity contribution in [3.05, 3.63) is 59.5 Å². The zero-order valence-corrected chi connectivity index (χ0v) is 10.8. The van der Waals surface area contributed by atoms with Crippen molar-refractivity contribution in [3.63, 3.8) is 0 Å². The summed E-state index contributed by atoms with van der Waals surface area (Å²) in [4.78, 5) is 4.08. The molecule has 0 spiro atoms. The maximum Gasteiger partial charge on any atom is 0.129 e. The molecule has 1 N–H and O–H groups in total. The molecule has 2 aromatic rings. The predicted molar refractivity (Wildman–Crippen MR) is 71.0 cm³/mol. The number of aliphatic hydroxyl groups is 1. The topological polar surface area (TPSA) is 56.9 Å². The number of aromatic nitrogens is 1. The maximum absolute atomic E-state index is 13.5. The predicted octanol–water partition coefficient (Wildman–Crippen LogP) is 2.92. The lowest BCUT2D eigenvalue weighted by molar-refractivity contribution is 0.199. The normalized spacial score (nSPS) is 11.8. The number of pyridine rings is 1. The Morgan fingerprint density at radius 1 is 1.37 bits per heavy atom. The molecule has 1 aromatic carbocycles. The van der Waals surface area contributed by atoms with Gasteiger partial charge in [-0.2, -0.15) is 5.26 Å². The van der Waals surface area contributed by atoms with Gasteiger partial charge in [-0.1, -0.05) is 18.2 Å². The third kappa shape index (κ3) is 3.53. The summed E-state index contributed by atoms with van der Waals surface area (Å²) in [5, 5.41) is 19.3. The van der Waals surface area contributed by atoms with Crippen molar-refractivity contribution in [1.29, 1.82) is 5.26 Å². The first-order valence-electron chi connectivity index (χ1n) is 5.62. The van der Waals surface area contributed by atoms with Crippen LogP contribution in [-0.2, 0) is 0 Å². The number of aliphatic hydroxyl groups excluding tert-OH is 1. The van der Waals surface area contributed by atoms with E-state index in [2.05, 4.69) is 4.98 Å². The molecule has 0 amide bonds. The molecule has 96 valence electrons. The summed E-state index contributed by atoms with van der Waals surface area (Å²) in [7, 11) is 0. The highest BCUT2D eigenvalue weighted by molar-refractivity contribution is 7.99. The quantitative estimate of drug-likeness (QED) is 0.871. The second-order valence-corrected chi connectivity index (χ2v) is 4.88. The van der Waals surface area contributed by atoms with E-state index >= 15 is 0 Å². The Hall–Kier alpha value is -1.90. The van der Waals surface area contributed by atoms with Gasteiger partial charge < -0.3 is 5.11 Å². The fourth-order valence-corrected chi connectivity index (χ4v) is 2.41. The molecule has 0 bridgehead atoms. The fourth-order valence-electron chi connectivity index (χ4n) is 1.56. The van der Waals surface area contributed by atoms with Gasteiger partial charge in [0.2, 0.25) is 0 Å². The van der Waals surface area contributed by atoms with Crippen molar-refractivity contribution in [2.24, 2.45) is 0 Å². The number of hydrogen-bond acceptors (Lipinski definition) is 4. The van der Waals surface area contributed by atoms with E-state index < -0.39 is 11.9 Å². The Morgan fingerprint density at radius 2 is 2.16 bits per heavy atom. The van der Waals surface area contributed by atoms with Crippen LogP contribution in [0.2, 0.25) is 0 Å². The average Bonchev–Trinajstić information content (AvgIpc) is 2.45. The molecule has 0 aliphatic carbocycles. The van der Waals surface area contributed by atoms with E-state index in [9.17, 15) is 9.50 Å². The summed E-state index contributed by atoms with van der Waals surface area (Å²) in [5.41, 5.74) is 0.782. The van der Waals surface area contributed by atoms with Gasteiger partial charge in [0.15, 0.2) is 0 Å². The highest BCUT2D eigenvalue weighted by Gasteiger charge is 2.12. The lowest BCUT2D eigenvalue weighted by Crippen LogP contribution is -2.03. The van der Waals surface area contributed by atoms with Crippen molar-refractivity contribution in [3.8, 4) is 6.07 Å². The Kier molecular flexibility index (Phi) is 4.50. The number of nitrogens with zero attached hydrogens (tertiary/aromatic N) is 2. The van der Waals surface area contributed by atoms with Gasteiger partial charge in [-0.15, -0.1) is 11.8 Å². The van der Waals surface area contributed by atoms with Crippen LogP contribution in [-0.4, -0.2) is 15.8 Å². The minimum Gasteiger partial charge on any atom is -0.387 e. The largest absolute Gasteiger partial charge is 0.387 e. The van der Waals surface area contributed by atoms with Crippen molar-refractivity contribution in [1.82, 2.24) is 4.98 Å². The highest BCUT2D eigenvalue weighted by atomic mass is 32.2. The molecular formula is C14H11FN2OS. The molecule has 0 radical (unpaired) electrons. The summed E-state index contributed by atoms with van der Waals surface area (Å²) in [6.45, 7) is 0. The fraction of sp³-hybridized carbons (Fsp3) is 0.143. The highest BCUT2D eigenvalue weighted by Crippen LogP contribution is 2.25. The third-order valence-corrected chi connectivity index (χ3v) is 3.52. The van der Waals surface area contributed by atoms with Crippen LogP contribution in [0.15, 0.2) is 47.6 Å². The van der Waals surface area contributed by atoms with E-state index in [1.165, 1.54) is 24.0 Å². The van der Waals surface area contributed by atoms with Gasteiger partial charge in [-0.3, -0.25) is 0 Å². The molecule has 0 aliphatic heterocycles. The van der Waals surface area contributed by atoms with Crippen LogP contribution in [0.3, 0.4) is 0 Å². The first kappa shape index (κ1) is 13.5. The molecule has 0 aliphatic rings. The van der Waals surface area contributed by atoms with Gasteiger partial charge in [0.05, 0.1) is 22.8 Å². The molecule has 5 heteroatoms. The Bertz CT molecular complexity index is 612. The molecule has 0 fully saturated rings. The standard InChI is InChI=1S/C14H11FN2OS/c15-12-4-2-1-3-11(12)13(18)9-19-14-7-10(8-16)5-6-17-14/h1-7,13,18H,9H2. The molecule has 1 atom stereocenters. The van der Waals surface area contributed by atoms with Crippen molar-refractivity contribution in [2.75, 3.05) is 5.75 Å². The van der Waals surface area contributed by atoms with E-state index in [1.54, 1.807) is 30.3 Å². The number of halogens is 1. The van der Waals surface area contributed by atoms with Crippen LogP contribution in [0.1, 0.15) is 17.2 Å². The van der Waals surface area contributed by atoms with Gasteiger partial charge in [-0.25, -0.2) is 9.37 Å². The van der Waals surface area contributed by atoms with Crippen LogP contribution in [0.25, 0.3) is 0 Å². The van der Waals surface area contributed by atoms with Crippen LogP contribution < -0.4 is 0 Å². The van der Waals surface area contributed by atoms with Crippen LogP contribution in [0.4, 0.5) is 4.39 Å². The van der Waals surface area contributed by atoms with Crippen LogP contribution >= 0.6 is 11.8 Å². The minimum atomic E-state index is -0.904. The molecule has 2 rings (SSSR count). The summed E-state index contributed by atoms with van der Waals surface area (Å²) in [6, 6.07) is 11.4. The number of hydrogen-bond donors (Lipinski definition) is 1. The zero-order valence-electron chi connectivity index (χ0n) is 9.95. The number of rotatable bonds is 4. The molecule has 19 heavy (non-hydrogen) atoms. The van der Waals surface area contributed by atoms with Crippen molar-refractivity contribution < 1.29 is 9.50 Å². The van der Waals surface area contributed by atoms with Gasteiger partial charge in [0, 0.05) is 17.5 Å². The molecule has 1 aromatic heterocycles. The Balaban J connectivity index is 2.03. The van der Waals surface area contributed by atoms with Crippen molar-refractivity contribution >= 4 is 11.8 Å². The lowest BCUT2D eigenvalue weighted by atomic mass is 10.1. The lowest BCUT2D eigenvalue weighted by Gasteiger charge is -2.11. The average molecular weight is 274 g/mol. The zero-order chi connectivity index (χ0) is 13.7. The molecular weight excluding hydrogens is 263 g/mol.